The number of carbonyl (C=O) groups is 1. The number of fused-ring (bicyclic) bond motifs is 1. The van der Waals surface area contributed by atoms with Gasteiger partial charge < -0.3 is 10.6 Å². The Morgan fingerprint density at radius 1 is 1.05 bits per heavy atom. The van der Waals surface area contributed by atoms with Crippen LogP contribution < -0.4 is 10.6 Å². The summed E-state index contributed by atoms with van der Waals surface area (Å²) in [6.45, 7) is 0. The maximum Gasteiger partial charge on any atom is 0.277 e. The van der Waals surface area contributed by atoms with Crippen LogP contribution in [0.15, 0.2) is 53.5 Å². The highest BCUT2D eigenvalue weighted by molar-refractivity contribution is 6.54. The lowest BCUT2D eigenvalue weighted by atomic mass is 10.1. The van der Waals surface area contributed by atoms with Crippen LogP contribution in [0.1, 0.15) is 5.56 Å². The molecule has 1 amide bonds. The Kier molecular flexibility index (Phi) is 2.56. The number of para-hydroxylation sites is 1. The highest BCUT2D eigenvalue weighted by atomic mass is 16.2. The van der Waals surface area contributed by atoms with E-state index in [1.165, 1.54) is 0 Å². The van der Waals surface area contributed by atoms with Gasteiger partial charge in [0.1, 0.15) is 5.71 Å². The minimum atomic E-state index is -0.0852. The molecule has 0 spiro atoms. The van der Waals surface area contributed by atoms with Crippen molar-refractivity contribution in [2.24, 2.45) is 4.99 Å². The Morgan fingerprint density at radius 2 is 1.74 bits per heavy atom. The molecule has 4 nitrogen and oxygen atoms in total. The molecule has 0 atom stereocenters. The number of likely N-dealkylation sites (N-methyl/N-ethyl adjacent to an activating group) is 1. The molecule has 0 aromatic heterocycles. The van der Waals surface area contributed by atoms with Gasteiger partial charge in [-0.1, -0.05) is 18.2 Å². The summed E-state index contributed by atoms with van der Waals surface area (Å²) in [5.41, 5.74) is 9.27. The molecular weight excluding hydrogens is 238 g/mol. The lowest BCUT2D eigenvalue weighted by Crippen LogP contribution is -2.25. The zero-order valence-electron chi connectivity index (χ0n) is 10.5. The molecule has 2 N–H and O–H groups in total. The lowest BCUT2D eigenvalue weighted by Gasteiger charge is -2.07. The smallest absolute Gasteiger partial charge is 0.277 e. The molecule has 0 unspecified atom stereocenters. The molecule has 94 valence electrons. The Labute approximate surface area is 111 Å². The minimum Gasteiger partial charge on any atom is -0.399 e. The van der Waals surface area contributed by atoms with Gasteiger partial charge in [0.2, 0.25) is 0 Å². The van der Waals surface area contributed by atoms with Crippen LogP contribution in [-0.4, -0.2) is 18.7 Å². The third-order valence-corrected chi connectivity index (χ3v) is 3.16. The molecule has 0 aliphatic carbocycles. The van der Waals surface area contributed by atoms with Gasteiger partial charge in [-0.25, -0.2) is 4.99 Å². The van der Waals surface area contributed by atoms with Crippen LogP contribution >= 0.6 is 0 Å². The number of nitrogen functional groups attached to an aromatic ring is 1. The molecular formula is C15H13N3O. The van der Waals surface area contributed by atoms with Gasteiger partial charge >= 0.3 is 0 Å². The number of amides is 1. The molecule has 2 aromatic carbocycles. The fourth-order valence-electron chi connectivity index (χ4n) is 2.14. The van der Waals surface area contributed by atoms with Gasteiger partial charge in [0.05, 0.1) is 11.4 Å². The highest BCUT2D eigenvalue weighted by Gasteiger charge is 2.30. The number of nitrogens with zero attached hydrogens (tertiary/aromatic N) is 2. The number of rotatable bonds is 1. The molecule has 0 saturated heterocycles. The van der Waals surface area contributed by atoms with E-state index in [1.807, 2.05) is 24.3 Å². The summed E-state index contributed by atoms with van der Waals surface area (Å²) >= 11 is 0. The van der Waals surface area contributed by atoms with Gasteiger partial charge in [0, 0.05) is 18.3 Å². The number of benzene rings is 2. The van der Waals surface area contributed by atoms with Crippen molar-refractivity contribution in [1.82, 2.24) is 0 Å². The zero-order valence-corrected chi connectivity index (χ0v) is 10.5. The first-order valence-electron chi connectivity index (χ1n) is 5.98. The van der Waals surface area contributed by atoms with Crippen molar-refractivity contribution in [2.75, 3.05) is 17.7 Å². The van der Waals surface area contributed by atoms with Crippen LogP contribution in [0.5, 0.6) is 0 Å². The number of aliphatic imine (C=N–C) groups is 1. The van der Waals surface area contributed by atoms with Gasteiger partial charge in [0.25, 0.3) is 5.91 Å². The first-order valence-corrected chi connectivity index (χ1v) is 5.98. The Morgan fingerprint density at radius 3 is 2.47 bits per heavy atom. The van der Waals surface area contributed by atoms with Crippen molar-refractivity contribution in [2.45, 2.75) is 0 Å². The van der Waals surface area contributed by atoms with Crippen LogP contribution in [0, 0.1) is 0 Å². The second-order valence-electron chi connectivity index (χ2n) is 4.43. The van der Waals surface area contributed by atoms with E-state index in [-0.39, 0.29) is 5.91 Å². The van der Waals surface area contributed by atoms with Crippen molar-refractivity contribution >= 4 is 28.7 Å². The Hall–Kier alpha value is -2.62. The van der Waals surface area contributed by atoms with Crippen molar-refractivity contribution < 1.29 is 4.79 Å². The normalized spacial score (nSPS) is 15.9. The van der Waals surface area contributed by atoms with E-state index in [2.05, 4.69) is 4.99 Å². The third kappa shape index (κ3) is 1.87. The first-order chi connectivity index (χ1) is 9.16. The van der Waals surface area contributed by atoms with Crippen LogP contribution in [0.3, 0.4) is 0 Å². The number of nitrogens with two attached hydrogens (primary N) is 1. The fraction of sp³-hybridized carbons (Fsp3) is 0.0667. The molecule has 0 fully saturated rings. The molecule has 0 bridgehead atoms. The van der Waals surface area contributed by atoms with Crippen LogP contribution in [0.4, 0.5) is 17.1 Å². The number of carbonyl (C=O) groups excluding carboxylic acids is 1. The molecule has 2 aromatic rings. The Balaban J connectivity index is 2.10. The predicted octanol–water partition coefficient (Wildman–Crippen LogP) is 2.37. The average molecular weight is 251 g/mol. The summed E-state index contributed by atoms with van der Waals surface area (Å²) in [4.78, 5) is 18.3. The molecule has 0 radical (unpaired) electrons. The van der Waals surface area contributed by atoms with Gasteiger partial charge in [0.15, 0.2) is 0 Å². The average Bonchev–Trinajstić information content (AvgIpc) is 2.67. The number of hydrogen-bond acceptors (Lipinski definition) is 3. The maximum atomic E-state index is 12.2. The van der Waals surface area contributed by atoms with E-state index in [0.717, 1.165) is 16.9 Å². The van der Waals surface area contributed by atoms with Crippen molar-refractivity contribution in [1.29, 1.82) is 0 Å². The SMILES string of the molecule is CN1C(=O)C(=Nc2ccc(N)cc2)c2ccccc21. The quantitative estimate of drug-likeness (QED) is 0.791. The number of hydrogen-bond donors (Lipinski definition) is 1. The van der Waals surface area contributed by atoms with E-state index >= 15 is 0 Å². The summed E-state index contributed by atoms with van der Waals surface area (Å²) in [5.74, 6) is -0.0852. The summed E-state index contributed by atoms with van der Waals surface area (Å²) in [6, 6.07) is 14.8. The summed E-state index contributed by atoms with van der Waals surface area (Å²) in [5, 5.41) is 0. The molecule has 1 aliphatic heterocycles. The number of anilines is 2. The minimum absolute atomic E-state index is 0.0852. The van der Waals surface area contributed by atoms with Crippen molar-refractivity contribution in [3.63, 3.8) is 0 Å². The molecule has 3 rings (SSSR count). The van der Waals surface area contributed by atoms with E-state index < -0.39 is 0 Å². The monoisotopic (exact) mass is 251 g/mol. The van der Waals surface area contributed by atoms with Crippen molar-refractivity contribution in [3.05, 3.63) is 54.1 Å². The second kappa shape index (κ2) is 4.24. The van der Waals surface area contributed by atoms with Gasteiger partial charge in [-0.2, -0.15) is 0 Å². The highest BCUT2D eigenvalue weighted by Crippen LogP contribution is 2.29. The van der Waals surface area contributed by atoms with Crippen LogP contribution in [0.25, 0.3) is 0 Å². The van der Waals surface area contributed by atoms with Crippen LogP contribution in [-0.2, 0) is 4.79 Å². The Bertz CT molecular complexity index is 674. The summed E-state index contributed by atoms with van der Waals surface area (Å²) in [6.07, 6.45) is 0. The standard InChI is InChI=1S/C15H13N3O/c1-18-13-5-3-2-4-12(13)14(15(18)19)17-11-8-6-10(16)7-9-11/h2-9H,16H2,1H3. The topological polar surface area (TPSA) is 58.7 Å². The predicted molar refractivity (Wildman–Crippen MR) is 76.9 cm³/mol. The molecule has 19 heavy (non-hydrogen) atoms. The van der Waals surface area contributed by atoms with E-state index in [0.29, 0.717) is 11.4 Å². The fourth-order valence-corrected chi connectivity index (χ4v) is 2.14. The second-order valence-corrected chi connectivity index (χ2v) is 4.43. The van der Waals surface area contributed by atoms with E-state index in [1.54, 1.807) is 36.2 Å². The van der Waals surface area contributed by atoms with E-state index in [9.17, 15) is 4.79 Å². The van der Waals surface area contributed by atoms with Crippen LogP contribution in [0.2, 0.25) is 0 Å². The van der Waals surface area contributed by atoms with Gasteiger partial charge in [-0.05, 0) is 30.3 Å². The summed E-state index contributed by atoms with van der Waals surface area (Å²) < 4.78 is 0. The van der Waals surface area contributed by atoms with E-state index in [4.69, 9.17) is 5.73 Å². The lowest BCUT2D eigenvalue weighted by molar-refractivity contribution is -0.111. The maximum absolute atomic E-state index is 12.2. The zero-order chi connectivity index (χ0) is 13.4. The summed E-state index contributed by atoms with van der Waals surface area (Å²) in [7, 11) is 1.76. The molecule has 4 heteroatoms. The van der Waals surface area contributed by atoms with Gasteiger partial charge in [-0.15, -0.1) is 0 Å². The largest absolute Gasteiger partial charge is 0.399 e. The first kappa shape index (κ1) is 11.5. The molecule has 0 saturated carbocycles. The van der Waals surface area contributed by atoms with Gasteiger partial charge in [-0.3, -0.25) is 4.79 Å². The third-order valence-electron chi connectivity index (χ3n) is 3.16. The van der Waals surface area contributed by atoms with Crippen molar-refractivity contribution in [3.8, 4) is 0 Å². The molecule has 1 heterocycles. The molecule has 1 aliphatic rings.